The van der Waals surface area contributed by atoms with E-state index in [1.807, 2.05) is 36.1 Å². The maximum Gasteiger partial charge on any atom is 0.244 e. The normalized spacial score (nSPS) is 22.3. The highest BCUT2D eigenvalue weighted by atomic mass is 35.5. The van der Waals surface area contributed by atoms with Gasteiger partial charge in [0.1, 0.15) is 6.04 Å². The molecule has 22 heavy (non-hydrogen) atoms. The SMILES string of the molecule is Cc1ccc(C(N)C(=O)N2CCN3CCCC3C2)cc1.Cl.Cl. The Kier molecular flexibility index (Phi) is 7.13. The number of piperazine rings is 1. The number of carbonyl (C=O) groups excluding carboxylic acids is 1. The van der Waals surface area contributed by atoms with Crippen molar-refractivity contribution < 1.29 is 4.79 Å². The molecule has 124 valence electrons. The molecule has 2 N–H and O–H groups in total. The molecule has 1 aromatic carbocycles. The lowest BCUT2D eigenvalue weighted by molar-refractivity contribution is -0.135. The number of carbonyl (C=O) groups is 1. The summed E-state index contributed by atoms with van der Waals surface area (Å²) < 4.78 is 0. The van der Waals surface area contributed by atoms with Crippen LogP contribution in [0.4, 0.5) is 0 Å². The fourth-order valence-corrected chi connectivity index (χ4v) is 3.30. The Labute approximate surface area is 144 Å². The van der Waals surface area contributed by atoms with Crippen molar-refractivity contribution >= 4 is 30.7 Å². The monoisotopic (exact) mass is 345 g/mol. The van der Waals surface area contributed by atoms with Crippen molar-refractivity contribution in [1.29, 1.82) is 0 Å². The second-order valence-electron chi connectivity index (χ2n) is 6.00. The molecule has 4 nitrogen and oxygen atoms in total. The number of nitrogens with zero attached hydrogens (tertiary/aromatic N) is 2. The molecule has 2 aliphatic rings. The number of amides is 1. The lowest BCUT2D eigenvalue weighted by atomic mass is 10.0. The molecule has 1 amide bonds. The fourth-order valence-electron chi connectivity index (χ4n) is 3.30. The van der Waals surface area contributed by atoms with Crippen LogP contribution < -0.4 is 5.73 Å². The lowest BCUT2D eigenvalue weighted by Crippen LogP contribution is -2.53. The van der Waals surface area contributed by atoms with E-state index in [1.54, 1.807) is 0 Å². The molecule has 0 bridgehead atoms. The molecule has 2 unspecified atom stereocenters. The number of hydrogen-bond acceptors (Lipinski definition) is 3. The Balaban J connectivity index is 0.00000121. The smallest absolute Gasteiger partial charge is 0.244 e. The first-order valence-electron chi connectivity index (χ1n) is 7.50. The van der Waals surface area contributed by atoms with Crippen LogP contribution in [0.15, 0.2) is 24.3 Å². The Hall–Kier alpha value is -0.810. The highest BCUT2D eigenvalue weighted by molar-refractivity contribution is 5.85. The zero-order chi connectivity index (χ0) is 14.1. The van der Waals surface area contributed by atoms with Gasteiger partial charge in [0.15, 0.2) is 0 Å². The Bertz CT molecular complexity index is 495. The van der Waals surface area contributed by atoms with Gasteiger partial charge in [-0.2, -0.15) is 0 Å². The molecular formula is C16H25Cl2N3O. The molecule has 0 aromatic heterocycles. The molecule has 2 atom stereocenters. The van der Waals surface area contributed by atoms with E-state index in [1.165, 1.54) is 24.9 Å². The van der Waals surface area contributed by atoms with Gasteiger partial charge in [-0.15, -0.1) is 24.8 Å². The quantitative estimate of drug-likeness (QED) is 0.893. The second kappa shape index (κ2) is 8.16. The van der Waals surface area contributed by atoms with Gasteiger partial charge < -0.3 is 10.6 Å². The number of fused-ring (bicyclic) bond motifs is 1. The summed E-state index contributed by atoms with van der Waals surface area (Å²) in [5.41, 5.74) is 8.25. The molecule has 0 spiro atoms. The van der Waals surface area contributed by atoms with Gasteiger partial charge in [-0.25, -0.2) is 0 Å². The van der Waals surface area contributed by atoms with Crippen LogP contribution in [0.3, 0.4) is 0 Å². The first kappa shape index (κ1) is 19.2. The molecule has 0 aliphatic carbocycles. The van der Waals surface area contributed by atoms with Gasteiger partial charge in [0, 0.05) is 25.7 Å². The van der Waals surface area contributed by atoms with Crippen LogP contribution >= 0.6 is 24.8 Å². The predicted octanol–water partition coefficient (Wildman–Crippen LogP) is 2.15. The molecule has 2 aliphatic heterocycles. The van der Waals surface area contributed by atoms with Gasteiger partial charge in [0.05, 0.1) is 0 Å². The van der Waals surface area contributed by atoms with E-state index in [4.69, 9.17) is 5.73 Å². The van der Waals surface area contributed by atoms with E-state index in [2.05, 4.69) is 4.90 Å². The number of hydrogen-bond donors (Lipinski definition) is 1. The van der Waals surface area contributed by atoms with Gasteiger partial charge in [0.2, 0.25) is 5.91 Å². The Morgan fingerprint density at radius 1 is 1.18 bits per heavy atom. The van der Waals surface area contributed by atoms with Crippen LogP contribution in [-0.4, -0.2) is 47.9 Å². The van der Waals surface area contributed by atoms with E-state index in [9.17, 15) is 4.79 Å². The van der Waals surface area contributed by atoms with E-state index >= 15 is 0 Å². The van der Waals surface area contributed by atoms with E-state index in [-0.39, 0.29) is 30.7 Å². The van der Waals surface area contributed by atoms with Gasteiger partial charge >= 0.3 is 0 Å². The van der Waals surface area contributed by atoms with Gasteiger partial charge in [-0.1, -0.05) is 29.8 Å². The standard InChI is InChI=1S/C16H23N3O.2ClH/c1-12-4-6-13(7-5-12)15(17)16(20)19-10-9-18-8-2-3-14(18)11-19;;/h4-7,14-15H,2-3,8-11,17H2,1H3;2*1H. The average molecular weight is 346 g/mol. The van der Waals surface area contributed by atoms with Crippen LogP contribution in [-0.2, 0) is 4.79 Å². The highest BCUT2D eigenvalue weighted by Gasteiger charge is 2.34. The van der Waals surface area contributed by atoms with Crippen molar-refractivity contribution in [3.8, 4) is 0 Å². The topological polar surface area (TPSA) is 49.6 Å². The molecule has 0 radical (unpaired) electrons. The minimum atomic E-state index is -0.524. The third kappa shape index (κ3) is 3.93. The predicted molar refractivity (Wildman–Crippen MR) is 93.8 cm³/mol. The summed E-state index contributed by atoms with van der Waals surface area (Å²) >= 11 is 0. The Morgan fingerprint density at radius 3 is 2.55 bits per heavy atom. The van der Waals surface area contributed by atoms with Crippen molar-refractivity contribution in [1.82, 2.24) is 9.80 Å². The first-order valence-corrected chi connectivity index (χ1v) is 7.50. The molecule has 2 saturated heterocycles. The molecule has 0 saturated carbocycles. The summed E-state index contributed by atoms with van der Waals surface area (Å²) in [4.78, 5) is 17.0. The minimum Gasteiger partial charge on any atom is -0.338 e. The van der Waals surface area contributed by atoms with Crippen molar-refractivity contribution in [3.05, 3.63) is 35.4 Å². The molecular weight excluding hydrogens is 321 g/mol. The highest BCUT2D eigenvalue weighted by Crippen LogP contribution is 2.23. The maximum atomic E-state index is 12.6. The van der Waals surface area contributed by atoms with Crippen molar-refractivity contribution in [3.63, 3.8) is 0 Å². The number of benzene rings is 1. The zero-order valence-electron chi connectivity index (χ0n) is 12.9. The van der Waals surface area contributed by atoms with Crippen LogP contribution in [0.1, 0.15) is 30.0 Å². The maximum absolute atomic E-state index is 12.6. The molecule has 3 rings (SSSR count). The van der Waals surface area contributed by atoms with Crippen LogP contribution in [0, 0.1) is 6.92 Å². The molecule has 6 heteroatoms. The summed E-state index contributed by atoms with van der Waals surface area (Å²) in [6.07, 6.45) is 2.47. The molecule has 2 heterocycles. The van der Waals surface area contributed by atoms with Gasteiger partial charge in [-0.05, 0) is 31.9 Å². The molecule has 1 aromatic rings. The number of rotatable bonds is 2. The summed E-state index contributed by atoms with van der Waals surface area (Å²) in [7, 11) is 0. The average Bonchev–Trinajstić information content (AvgIpc) is 2.94. The van der Waals surface area contributed by atoms with E-state index in [0.717, 1.165) is 25.2 Å². The minimum absolute atomic E-state index is 0. The number of nitrogens with two attached hydrogens (primary N) is 1. The van der Waals surface area contributed by atoms with Crippen LogP contribution in [0.5, 0.6) is 0 Å². The third-order valence-electron chi connectivity index (χ3n) is 4.60. The van der Waals surface area contributed by atoms with Gasteiger partial charge in [0.25, 0.3) is 0 Å². The van der Waals surface area contributed by atoms with Crippen LogP contribution in [0.2, 0.25) is 0 Å². The van der Waals surface area contributed by atoms with Gasteiger partial charge in [-0.3, -0.25) is 9.69 Å². The third-order valence-corrected chi connectivity index (χ3v) is 4.60. The summed E-state index contributed by atoms with van der Waals surface area (Å²) in [5, 5.41) is 0. The largest absolute Gasteiger partial charge is 0.338 e. The summed E-state index contributed by atoms with van der Waals surface area (Å²) in [6.45, 7) is 5.89. The van der Waals surface area contributed by atoms with E-state index in [0.29, 0.717) is 6.04 Å². The van der Waals surface area contributed by atoms with Crippen molar-refractivity contribution in [2.75, 3.05) is 26.2 Å². The number of halogens is 2. The van der Waals surface area contributed by atoms with Crippen molar-refractivity contribution in [2.24, 2.45) is 5.73 Å². The fraction of sp³-hybridized carbons (Fsp3) is 0.562. The number of aryl methyl sites for hydroxylation is 1. The summed E-state index contributed by atoms with van der Waals surface area (Å²) in [6, 6.07) is 7.98. The Morgan fingerprint density at radius 2 is 1.86 bits per heavy atom. The second-order valence-corrected chi connectivity index (χ2v) is 6.00. The molecule has 2 fully saturated rings. The van der Waals surface area contributed by atoms with Crippen LogP contribution in [0.25, 0.3) is 0 Å². The first-order chi connectivity index (χ1) is 9.65. The van der Waals surface area contributed by atoms with E-state index < -0.39 is 6.04 Å². The lowest BCUT2D eigenvalue weighted by Gasteiger charge is -2.38. The summed E-state index contributed by atoms with van der Waals surface area (Å²) in [5.74, 6) is 0.0698. The van der Waals surface area contributed by atoms with Crippen molar-refractivity contribution in [2.45, 2.75) is 31.8 Å². The zero-order valence-corrected chi connectivity index (χ0v) is 14.5.